The SMILES string of the molecule is COc1cc(OC)c2c(c1Cl)O[C@@]1(C(=O)C=C(Cl)C[C@H]1C)C2=O. The Kier molecular flexibility index (Phi) is 3.81. The molecule has 1 heterocycles. The molecule has 0 fully saturated rings. The van der Waals surface area contributed by atoms with E-state index < -0.39 is 23.1 Å². The molecule has 2 atom stereocenters. The summed E-state index contributed by atoms with van der Waals surface area (Å²) in [6.45, 7) is 1.74. The van der Waals surface area contributed by atoms with E-state index in [1.54, 1.807) is 6.92 Å². The van der Waals surface area contributed by atoms with Gasteiger partial charge in [-0.15, -0.1) is 0 Å². The second-order valence-electron chi connectivity index (χ2n) is 5.53. The lowest BCUT2D eigenvalue weighted by Gasteiger charge is -2.33. The molecule has 122 valence electrons. The molecule has 0 bridgehead atoms. The summed E-state index contributed by atoms with van der Waals surface area (Å²) in [4.78, 5) is 25.6. The standard InChI is InChI=1S/C16H14Cl2O5/c1-7-4-8(17)5-11(19)16(7)15(20)12-9(21-2)6-10(22-3)13(18)14(12)23-16/h5-7H,4H2,1-3H3/t7-,16+/m1/s1. The number of hydrogen-bond donors (Lipinski definition) is 0. The zero-order valence-electron chi connectivity index (χ0n) is 12.7. The lowest BCUT2D eigenvalue weighted by atomic mass is 9.75. The minimum Gasteiger partial charge on any atom is -0.496 e. The average molecular weight is 357 g/mol. The van der Waals surface area contributed by atoms with Gasteiger partial charge in [-0.25, -0.2) is 0 Å². The molecule has 0 amide bonds. The van der Waals surface area contributed by atoms with Gasteiger partial charge in [-0.1, -0.05) is 30.1 Å². The number of ether oxygens (including phenoxy) is 3. The first kappa shape index (κ1) is 16.1. The van der Waals surface area contributed by atoms with Crippen molar-refractivity contribution in [3.05, 3.63) is 27.8 Å². The molecule has 1 aromatic carbocycles. The van der Waals surface area contributed by atoms with Gasteiger partial charge in [0.2, 0.25) is 17.2 Å². The second kappa shape index (κ2) is 5.42. The third kappa shape index (κ3) is 2.07. The topological polar surface area (TPSA) is 61.8 Å². The summed E-state index contributed by atoms with van der Waals surface area (Å²) in [5.74, 6) is -0.717. The first-order chi connectivity index (χ1) is 10.9. The van der Waals surface area contributed by atoms with E-state index in [1.165, 1.54) is 26.4 Å². The van der Waals surface area contributed by atoms with Gasteiger partial charge >= 0.3 is 0 Å². The van der Waals surface area contributed by atoms with Crippen molar-refractivity contribution >= 4 is 34.8 Å². The molecule has 2 aliphatic rings. The van der Waals surface area contributed by atoms with E-state index in [1.807, 2.05) is 0 Å². The van der Waals surface area contributed by atoms with Crippen LogP contribution in [0.4, 0.5) is 0 Å². The van der Waals surface area contributed by atoms with E-state index in [2.05, 4.69) is 0 Å². The monoisotopic (exact) mass is 356 g/mol. The van der Waals surface area contributed by atoms with E-state index in [0.717, 1.165) is 0 Å². The van der Waals surface area contributed by atoms with Gasteiger partial charge in [0.1, 0.15) is 22.1 Å². The van der Waals surface area contributed by atoms with Crippen molar-refractivity contribution in [1.82, 2.24) is 0 Å². The average Bonchev–Trinajstić information content (AvgIpc) is 2.82. The van der Waals surface area contributed by atoms with Crippen molar-refractivity contribution in [2.75, 3.05) is 14.2 Å². The van der Waals surface area contributed by atoms with Gasteiger partial charge in [-0.3, -0.25) is 9.59 Å². The number of halogens is 2. The number of methoxy groups -OCH3 is 2. The number of rotatable bonds is 2. The van der Waals surface area contributed by atoms with Crippen molar-refractivity contribution < 1.29 is 23.8 Å². The summed E-state index contributed by atoms with van der Waals surface area (Å²) in [6.07, 6.45) is 1.60. The quantitative estimate of drug-likeness (QED) is 0.760. The highest BCUT2D eigenvalue weighted by atomic mass is 35.5. The van der Waals surface area contributed by atoms with Gasteiger partial charge in [0.25, 0.3) is 0 Å². The normalized spacial score (nSPS) is 26.0. The number of carbonyl (C=O) groups is 2. The minimum absolute atomic E-state index is 0.111. The van der Waals surface area contributed by atoms with Gasteiger partial charge in [0, 0.05) is 23.1 Å². The molecule has 0 unspecified atom stereocenters. The fourth-order valence-electron chi connectivity index (χ4n) is 3.08. The fourth-order valence-corrected chi connectivity index (χ4v) is 3.67. The molecule has 0 saturated heterocycles. The van der Waals surface area contributed by atoms with Crippen LogP contribution in [0.2, 0.25) is 5.02 Å². The maximum atomic E-state index is 13.0. The summed E-state index contributed by atoms with van der Waals surface area (Å²) < 4.78 is 16.3. The number of fused-ring (bicyclic) bond motifs is 1. The number of benzene rings is 1. The van der Waals surface area contributed by atoms with Crippen LogP contribution in [0, 0.1) is 5.92 Å². The Hall–Kier alpha value is -1.72. The summed E-state index contributed by atoms with van der Waals surface area (Å²) in [7, 11) is 2.86. The zero-order chi connectivity index (χ0) is 16.9. The van der Waals surface area contributed by atoms with Crippen LogP contribution in [0.25, 0.3) is 0 Å². The van der Waals surface area contributed by atoms with Crippen LogP contribution in [-0.2, 0) is 4.79 Å². The Morgan fingerprint density at radius 1 is 1.22 bits per heavy atom. The highest BCUT2D eigenvalue weighted by Crippen LogP contribution is 2.53. The molecule has 1 aromatic rings. The van der Waals surface area contributed by atoms with Gasteiger partial charge in [-0.2, -0.15) is 0 Å². The van der Waals surface area contributed by atoms with Crippen molar-refractivity contribution in [2.24, 2.45) is 5.92 Å². The number of allylic oxidation sites excluding steroid dienone is 1. The van der Waals surface area contributed by atoms with Crippen LogP contribution in [0.1, 0.15) is 23.7 Å². The zero-order valence-corrected chi connectivity index (χ0v) is 14.2. The van der Waals surface area contributed by atoms with E-state index in [9.17, 15) is 9.59 Å². The van der Waals surface area contributed by atoms with Gasteiger partial charge in [0.15, 0.2) is 5.75 Å². The summed E-state index contributed by atoms with van der Waals surface area (Å²) in [6, 6.07) is 1.50. The van der Waals surface area contributed by atoms with Crippen molar-refractivity contribution in [1.29, 1.82) is 0 Å². The second-order valence-corrected chi connectivity index (χ2v) is 6.39. The van der Waals surface area contributed by atoms with Crippen molar-refractivity contribution in [3.63, 3.8) is 0 Å². The maximum Gasteiger partial charge on any atom is 0.236 e. The molecule has 0 radical (unpaired) electrons. The number of hydrogen-bond acceptors (Lipinski definition) is 5. The Balaban J connectivity index is 2.23. The van der Waals surface area contributed by atoms with Crippen LogP contribution >= 0.6 is 23.2 Å². The van der Waals surface area contributed by atoms with Gasteiger partial charge < -0.3 is 14.2 Å². The number of carbonyl (C=O) groups excluding carboxylic acids is 2. The Morgan fingerprint density at radius 2 is 1.87 bits per heavy atom. The number of ketones is 2. The number of Topliss-reactive ketones (excluding diaryl/α,β-unsaturated/α-hetero) is 1. The van der Waals surface area contributed by atoms with Crippen LogP contribution in [0.3, 0.4) is 0 Å². The summed E-state index contributed by atoms with van der Waals surface area (Å²) >= 11 is 12.2. The first-order valence-electron chi connectivity index (χ1n) is 6.95. The van der Waals surface area contributed by atoms with Crippen LogP contribution in [-0.4, -0.2) is 31.4 Å². The summed E-state index contributed by atoms with van der Waals surface area (Å²) in [5, 5.41) is 0.533. The van der Waals surface area contributed by atoms with Crippen molar-refractivity contribution in [2.45, 2.75) is 18.9 Å². The molecule has 0 aromatic heterocycles. The lowest BCUT2D eigenvalue weighted by Crippen LogP contribution is -2.54. The van der Waals surface area contributed by atoms with E-state index >= 15 is 0 Å². The Bertz CT molecular complexity index is 755. The molecular weight excluding hydrogens is 343 g/mol. The first-order valence-corrected chi connectivity index (χ1v) is 7.71. The molecule has 0 N–H and O–H groups in total. The third-order valence-corrected chi connectivity index (χ3v) is 4.89. The molecule has 23 heavy (non-hydrogen) atoms. The molecule has 7 heteroatoms. The third-order valence-electron chi connectivity index (χ3n) is 4.27. The van der Waals surface area contributed by atoms with Gasteiger partial charge in [-0.05, 0) is 6.42 Å². The predicted molar refractivity (Wildman–Crippen MR) is 85.0 cm³/mol. The maximum absolute atomic E-state index is 13.0. The summed E-state index contributed by atoms with van der Waals surface area (Å²) in [5.41, 5.74) is -1.49. The molecule has 3 rings (SSSR count). The molecule has 0 saturated carbocycles. The highest BCUT2D eigenvalue weighted by Gasteiger charge is 2.60. The van der Waals surface area contributed by atoms with E-state index in [4.69, 9.17) is 37.4 Å². The van der Waals surface area contributed by atoms with Crippen LogP contribution in [0.15, 0.2) is 17.2 Å². The van der Waals surface area contributed by atoms with Crippen LogP contribution < -0.4 is 14.2 Å². The van der Waals surface area contributed by atoms with E-state index in [0.29, 0.717) is 17.2 Å². The highest BCUT2D eigenvalue weighted by molar-refractivity contribution is 6.37. The largest absolute Gasteiger partial charge is 0.496 e. The predicted octanol–water partition coefficient (Wildman–Crippen LogP) is 3.40. The van der Waals surface area contributed by atoms with E-state index in [-0.39, 0.29) is 22.1 Å². The minimum atomic E-state index is -1.65. The molecule has 1 aliphatic carbocycles. The van der Waals surface area contributed by atoms with Gasteiger partial charge in [0.05, 0.1) is 14.2 Å². The fraction of sp³-hybridized carbons (Fsp3) is 0.375. The Labute approximate surface area is 143 Å². The molecule has 5 nitrogen and oxygen atoms in total. The Morgan fingerprint density at radius 3 is 2.43 bits per heavy atom. The molecular formula is C16H14Cl2O5. The lowest BCUT2D eigenvalue weighted by molar-refractivity contribution is -0.129. The molecule has 1 aliphatic heterocycles. The molecule has 1 spiro atoms. The van der Waals surface area contributed by atoms with Crippen LogP contribution in [0.5, 0.6) is 17.2 Å². The van der Waals surface area contributed by atoms with Crippen molar-refractivity contribution in [3.8, 4) is 17.2 Å². The smallest absolute Gasteiger partial charge is 0.236 e.